The van der Waals surface area contributed by atoms with Crippen molar-refractivity contribution in [1.82, 2.24) is 0 Å². The molecule has 2 aromatic heterocycles. The lowest BCUT2D eigenvalue weighted by Gasteiger charge is -2.29. The number of furan rings is 2. The fourth-order valence-electron chi connectivity index (χ4n) is 11.9. The second-order valence-electron chi connectivity index (χ2n) is 21.6. The normalized spacial score (nSPS) is 12.6. The zero-order valence-electron chi connectivity index (χ0n) is 41.3. The molecule has 14 rings (SSSR count). The SMILES string of the molecule is C[Si](C)(C)c1cc2ccccc2c2c1oc1c(N(c3ccccc3)c3ccc4ccc5c(N(c6ccccc6)c6cccc7c6oc6c([Si](C)(C)C)cc8ccccc8c67)ccc6ccc3c4c65)cccc12. The Morgan fingerprint density at radius 2 is 0.653 bits per heavy atom. The van der Waals surface area contributed by atoms with Crippen molar-refractivity contribution in [1.29, 1.82) is 0 Å². The molecule has 0 aliphatic rings. The maximum absolute atomic E-state index is 7.30. The van der Waals surface area contributed by atoms with Gasteiger partial charge in [0, 0.05) is 43.7 Å². The lowest BCUT2D eigenvalue weighted by molar-refractivity contribution is 0.671. The first-order chi connectivity index (χ1) is 35.0. The molecule has 0 atom stereocenters. The Bertz CT molecular complexity index is 4200. The standard InChI is InChI=1S/C66H52N2O2Si2/c1-71(2,3)57-39-43-19-13-15-25-47(43)61-51-27-17-29-55(63(51)69-65(57)61)67(45-21-9-7-10-22-45)53-37-33-41-32-36-50-54(38-34-42-31-35-49(53)59(41)60(42)50)68(46-23-11-8-12-24-46)56-30-18-28-52-62-48-26-16-14-20-44(48)40-58(72(4,5)6)66(62)70-64(52)56/h7-40H,1-6H3. The van der Waals surface area contributed by atoms with Crippen molar-refractivity contribution in [2.75, 3.05) is 9.80 Å². The summed E-state index contributed by atoms with van der Waals surface area (Å²) in [5, 5.41) is 19.5. The summed E-state index contributed by atoms with van der Waals surface area (Å²) in [5.41, 5.74) is 10.1. The number of rotatable bonds is 8. The quantitative estimate of drug-likeness (QED) is 0.112. The van der Waals surface area contributed by atoms with E-state index in [1.807, 2.05) is 0 Å². The van der Waals surface area contributed by atoms with Crippen LogP contribution >= 0.6 is 0 Å². The van der Waals surface area contributed by atoms with Crippen LogP contribution in [0.3, 0.4) is 0 Å². The molecule has 0 saturated carbocycles. The van der Waals surface area contributed by atoms with Crippen LogP contribution in [0.25, 0.3) is 97.7 Å². The highest BCUT2D eigenvalue weighted by Crippen LogP contribution is 2.51. The Morgan fingerprint density at radius 1 is 0.278 bits per heavy atom. The van der Waals surface area contributed by atoms with E-state index in [-0.39, 0.29) is 0 Å². The predicted octanol–water partition coefficient (Wildman–Crippen LogP) is 18.7. The molecule has 0 bridgehead atoms. The number of hydrogen-bond acceptors (Lipinski definition) is 4. The van der Waals surface area contributed by atoms with Crippen molar-refractivity contribution < 1.29 is 8.83 Å². The van der Waals surface area contributed by atoms with Crippen LogP contribution in [-0.4, -0.2) is 16.1 Å². The van der Waals surface area contributed by atoms with E-state index in [0.717, 1.165) is 67.2 Å². The van der Waals surface area contributed by atoms with Gasteiger partial charge < -0.3 is 18.6 Å². The third-order valence-electron chi connectivity index (χ3n) is 15.2. The van der Waals surface area contributed by atoms with Crippen molar-refractivity contribution in [2.45, 2.75) is 39.3 Å². The van der Waals surface area contributed by atoms with Crippen LogP contribution in [0.2, 0.25) is 39.3 Å². The van der Waals surface area contributed by atoms with Crippen molar-refractivity contribution in [3.8, 4) is 0 Å². The molecule has 0 saturated heterocycles. The zero-order valence-corrected chi connectivity index (χ0v) is 43.3. The van der Waals surface area contributed by atoms with Gasteiger partial charge in [0.2, 0.25) is 0 Å². The largest absolute Gasteiger partial charge is 0.454 e. The molecule has 0 aliphatic carbocycles. The third kappa shape index (κ3) is 6.35. The van der Waals surface area contributed by atoms with Crippen LogP contribution in [-0.2, 0) is 0 Å². The van der Waals surface area contributed by atoms with Gasteiger partial charge in [0.05, 0.1) is 38.9 Å². The molecule has 346 valence electrons. The summed E-state index contributed by atoms with van der Waals surface area (Å²) in [6.45, 7) is 14.5. The zero-order chi connectivity index (χ0) is 48.6. The molecule has 14 aromatic rings. The molecule has 0 radical (unpaired) electrons. The summed E-state index contributed by atoms with van der Waals surface area (Å²) >= 11 is 0. The lowest BCUT2D eigenvalue weighted by atomic mass is 9.91. The summed E-state index contributed by atoms with van der Waals surface area (Å²) < 4.78 is 14.6. The van der Waals surface area contributed by atoms with Gasteiger partial charge >= 0.3 is 0 Å². The van der Waals surface area contributed by atoms with Crippen LogP contribution in [0.5, 0.6) is 0 Å². The minimum absolute atomic E-state index is 0.892. The van der Waals surface area contributed by atoms with E-state index >= 15 is 0 Å². The second kappa shape index (κ2) is 15.7. The smallest absolute Gasteiger partial charge is 0.159 e. The average molecular weight is 961 g/mol. The van der Waals surface area contributed by atoms with Gasteiger partial charge in [-0.1, -0.05) is 197 Å². The van der Waals surface area contributed by atoms with Crippen LogP contribution in [0.1, 0.15) is 0 Å². The Hall–Kier alpha value is -8.17. The van der Waals surface area contributed by atoms with Crippen molar-refractivity contribution in [2.24, 2.45) is 0 Å². The summed E-state index contributed by atoms with van der Waals surface area (Å²) in [6.07, 6.45) is 0. The first kappa shape index (κ1) is 42.7. The average Bonchev–Trinajstić information content (AvgIpc) is 4.00. The predicted molar refractivity (Wildman–Crippen MR) is 315 cm³/mol. The van der Waals surface area contributed by atoms with E-state index in [9.17, 15) is 0 Å². The molecule has 0 fully saturated rings. The van der Waals surface area contributed by atoms with E-state index in [2.05, 4.69) is 255 Å². The van der Waals surface area contributed by atoms with Crippen molar-refractivity contribution in [3.63, 3.8) is 0 Å². The van der Waals surface area contributed by atoms with Crippen LogP contribution in [0, 0.1) is 0 Å². The first-order valence-corrected chi connectivity index (χ1v) is 32.2. The maximum atomic E-state index is 7.30. The van der Waals surface area contributed by atoms with E-state index in [1.165, 1.54) is 75.0 Å². The van der Waals surface area contributed by atoms with Crippen molar-refractivity contribution in [3.05, 3.63) is 206 Å². The number of para-hydroxylation sites is 4. The van der Waals surface area contributed by atoms with Gasteiger partial charge in [-0.2, -0.15) is 0 Å². The Morgan fingerprint density at radius 3 is 1.07 bits per heavy atom. The molecule has 0 amide bonds. The summed E-state index contributed by atoms with van der Waals surface area (Å²) in [7, 11) is -3.67. The summed E-state index contributed by atoms with van der Waals surface area (Å²) in [5.74, 6) is 0. The topological polar surface area (TPSA) is 32.8 Å². The van der Waals surface area contributed by atoms with Crippen LogP contribution in [0.4, 0.5) is 34.1 Å². The van der Waals surface area contributed by atoms with E-state index in [1.54, 1.807) is 0 Å². The highest BCUT2D eigenvalue weighted by atomic mass is 28.3. The van der Waals surface area contributed by atoms with Crippen LogP contribution in [0.15, 0.2) is 215 Å². The summed E-state index contributed by atoms with van der Waals surface area (Å²) in [6, 6.07) is 75.8. The monoisotopic (exact) mass is 960 g/mol. The molecular formula is C66H52N2O2Si2. The molecule has 12 aromatic carbocycles. The van der Waals surface area contributed by atoms with Crippen molar-refractivity contribution >= 4 is 158 Å². The van der Waals surface area contributed by atoms with Gasteiger partial charge in [0.25, 0.3) is 0 Å². The second-order valence-corrected chi connectivity index (χ2v) is 31.7. The third-order valence-corrected chi connectivity index (χ3v) is 19.1. The number of anilines is 6. The fraction of sp³-hybridized carbons (Fsp3) is 0.0909. The Kier molecular flexibility index (Phi) is 9.29. The number of benzene rings is 12. The lowest BCUT2D eigenvalue weighted by Crippen LogP contribution is -2.37. The Balaban J connectivity index is 1.03. The highest BCUT2D eigenvalue weighted by molar-refractivity contribution is 6.91. The number of hydrogen-bond donors (Lipinski definition) is 0. The molecule has 72 heavy (non-hydrogen) atoms. The van der Waals surface area contributed by atoms with Gasteiger partial charge in [0.1, 0.15) is 11.2 Å². The van der Waals surface area contributed by atoms with Gasteiger partial charge in [0.15, 0.2) is 11.2 Å². The molecule has 6 heteroatoms. The van der Waals surface area contributed by atoms with E-state index in [4.69, 9.17) is 8.83 Å². The number of nitrogens with zero attached hydrogens (tertiary/aromatic N) is 2. The number of fused-ring (bicyclic) bond motifs is 10. The fourth-order valence-corrected chi connectivity index (χ4v) is 14.8. The minimum atomic E-state index is -1.84. The van der Waals surface area contributed by atoms with Gasteiger partial charge in [-0.05, 0) is 102 Å². The molecule has 0 aliphatic heterocycles. The van der Waals surface area contributed by atoms with Gasteiger partial charge in [-0.25, -0.2) is 0 Å². The van der Waals surface area contributed by atoms with Gasteiger partial charge in [-0.15, -0.1) is 0 Å². The summed E-state index contributed by atoms with van der Waals surface area (Å²) in [4.78, 5) is 4.84. The van der Waals surface area contributed by atoms with Crippen LogP contribution < -0.4 is 20.2 Å². The maximum Gasteiger partial charge on any atom is 0.159 e. The molecule has 0 spiro atoms. The van der Waals surface area contributed by atoms with E-state index < -0.39 is 16.1 Å². The molecule has 4 nitrogen and oxygen atoms in total. The van der Waals surface area contributed by atoms with E-state index in [0.29, 0.717) is 0 Å². The molecule has 0 N–H and O–H groups in total. The molecule has 0 unspecified atom stereocenters. The Labute approximate surface area is 420 Å². The molecular weight excluding hydrogens is 909 g/mol. The molecule has 2 heterocycles. The first-order valence-electron chi connectivity index (χ1n) is 25.2. The van der Waals surface area contributed by atoms with Gasteiger partial charge in [-0.3, -0.25) is 0 Å². The highest BCUT2D eigenvalue weighted by Gasteiger charge is 2.30. The minimum Gasteiger partial charge on any atom is -0.454 e.